The Kier molecular flexibility index (Phi) is 3.57. The number of rotatable bonds is 3. The van der Waals surface area contributed by atoms with Crippen LogP contribution in [0.3, 0.4) is 0 Å². The Bertz CT molecular complexity index is 549. The van der Waals surface area contributed by atoms with E-state index in [0.717, 1.165) is 6.20 Å². The minimum absolute atomic E-state index is 0.217. The van der Waals surface area contributed by atoms with E-state index in [-0.39, 0.29) is 11.3 Å². The Morgan fingerprint density at radius 3 is 2.37 bits per heavy atom. The molecule has 0 radical (unpaired) electrons. The normalized spacial score (nSPS) is 13.5. The smallest absolute Gasteiger partial charge is 0.364 e. The fourth-order valence-electron chi connectivity index (χ4n) is 1.78. The molecule has 1 unspecified atom stereocenters. The first kappa shape index (κ1) is 13.5. The van der Waals surface area contributed by atoms with E-state index in [1.807, 2.05) is 0 Å². The number of alkyl halides is 4. The van der Waals surface area contributed by atoms with Crippen LogP contribution >= 0.6 is 0 Å². The van der Waals surface area contributed by atoms with Gasteiger partial charge >= 0.3 is 6.18 Å². The summed E-state index contributed by atoms with van der Waals surface area (Å²) in [5.41, 5.74) is -1.24. The Morgan fingerprint density at radius 2 is 1.84 bits per heavy atom. The molecule has 102 valence electrons. The first-order valence-corrected chi connectivity index (χ1v) is 5.41. The van der Waals surface area contributed by atoms with Gasteiger partial charge in [-0.25, -0.2) is 9.07 Å². The second kappa shape index (κ2) is 5.00. The van der Waals surface area contributed by atoms with Gasteiger partial charge in [-0.1, -0.05) is 18.2 Å². The number of aromatic nitrogens is 2. The molecule has 1 N–H and O–H groups in total. The third kappa shape index (κ3) is 2.93. The van der Waals surface area contributed by atoms with Gasteiger partial charge in [-0.3, -0.25) is 0 Å². The average molecular weight is 274 g/mol. The van der Waals surface area contributed by atoms with Gasteiger partial charge in [0.25, 0.3) is 0 Å². The van der Waals surface area contributed by atoms with Crippen molar-refractivity contribution in [1.29, 1.82) is 0 Å². The summed E-state index contributed by atoms with van der Waals surface area (Å²) >= 11 is 0. The van der Waals surface area contributed by atoms with Gasteiger partial charge in [-0.15, -0.1) is 0 Å². The summed E-state index contributed by atoms with van der Waals surface area (Å²) in [5, 5.41) is 12.2. The number of halogens is 4. The summed E-state index contributed by atoms with van der Waals surface area (Å²) in [5.74, 6) is 0. The van der Waals surface area contributed by atoms with Crippen LogP contribution in [-0.4, -0.2) is 21.2 Å². The number of para-hydroxylation sites is 1. The highest BCUT2D eigenvalue weighted by Crippen LogP contribution is 2.34. The molecule has 2 rings (SSSR count). The van der Waals surface area contributed by atoms with Crippen LogP contribution in [0.1, 0.15) is 11.3 Å². The maximum Gasteiger partial charge on any atom is 0.433 e. The lowest BCUT2D eigenvalue weighted by Crippen LogP contribution is -2.17. The molecule has 7 heteroatoms. The summed E-state index contributed by atoms with van der Waals surface area (Å²) in [6, 6.07) is 7.71. The van der Waals surface area contributed by atoms with Gasteiger partial charge in [-0.2, -0.15) is 18.3 Å². The van der Waals surface area contributed by atoms with Crippen molar-refractivity contribution in [1.82, 2.24) is 9.78 Å². The third-order valence-corrected chi connectivity index (χ3v) is 2.50. The van der Waals surface area contributed by atoms with Crippen LogP contribution in [0.15, 0.2) is 36.5 Å². The van der Waals surface area contributed by atoms with E-state index in [1.165, 1.54) is 12.1 Å². The predicted molar refractivity (Wildman–Crippen MR) is 59.4 cm³/mol. The predicted octanol–water partition coefficient (Wildman–Crippen LogP) is 2.72. The zero-order chi connectivity index (χ0) is 14.0. The Morgan fingerprint density at radius 1 is 1.21 bits per heavy atom. The van der Waals surface area contributed by atoms with E-state index in [9.17, 15) is 17.6 Å². The number of aliphatic hydroxyl groups is 1. The van der Waals surface area contributed by atoms with Crippen LogP contribution < -0.4 is 0 Å². The molecule has 1 aromatic heterocycles. The second-order valence-corrected chi connectivity index (χ2v) is 3.90. The van der Waals surface area contributed by atoms with Crippen LogP contribution in [-0.2, 0) is 12.6 Å². The van der Waals surface area contributed by atoms with E-state index >= 15 is 0 Å². The molecule has 0 aliphatic carbocycles. The van der Waals surface area contributed by atoms with E-state index in [1.54, 1.807) is 18.2 Å². The zero-order valence-electron chi connectivity index (χ0n) is 9.60. The SMILES string of the molecule is OC(F)Cc1cnn(-c2ccccc2)c1C(F)(F)F. The summed E-state index contributed by atoms with van der Waals surface area (Å²) in [6.45, 7) is 0. The Balaban J connectivity index is 2.54. The molecule has 0 saturated carbocycles. The van der Waals surface area contributed by atoms with Gasteiger partial charge in [0.05, 0.1) is 11.9 Å². The highest BCUT2D eigenvalue weighted by molar-refractivity contribution is 5.36. The van der Waals surface area contributed by atoms with Crippen LogP contribution in [0, 0.1) is 0 Å². The summed E-state index contributed by atoms with van der Waals surface area (Å²) in [4.78, 5) is 0. The zero-order valence-corrected chi connectivity index (χ0v) is 9.60. The lowest BCUT2D eigenvalue weighted by molar-refractivity contribution is -0.143. The molecular weight excluding hydrogens is 264 g/mol. The first-order chi connectivity index (χ1) is 8.89. The molecule has 0 saturated heterocycles. The topological polar surface area (TPSA) is 38.1 Å². The largest absolute Gasteiger partial charge is 0.433 e. The standard InChI is InChI=1S/C12H10F4N2O/c13-10(19)6-8-7-17-18(11(8)12(14,15)16)9-4-2-1-3-5-9/h1-5,7,10,19H,6H2. The van der Waals surface area contributed by atoms with Crippen LogP contribution in [0.4, 0.5) is 17.6 Å². The van der Waals surface area contributed by atoms with Gasteiger partial charge in [0, 0.05) is 12.0 Å². The molecular formula is C12H10F4N2O. The molecule has 1 heterocycles. The second-order valence-electron chi connectivity index (χ2n) is 3.90. The highest BCUT2D eigenvalue weighted by atomic mass is 19.4. The highest BCUT2D eigenvalue weighted by Gasteiger charge is 2.38. The lowest BCUT2D eigenvalue weighted by atomic mass is 10.1. The molecule has 0 amide bonds. The molecule has 1 atom stereocenters. The van der Waals surface area contributed by atoms with Gasteiger partial charge < -0.3 is 5.11 Å². The summed E-state index contributed by atoms with van der Waals surface area (Å²) in [6.07, 6.45) is -6.87. The van der Waals surface area contributed by atoms with Crippen molar-refractivity contribution < 1.29 is 22.7 Å². The fraction of sp³-hybridized carbons (Fsp3) is 0.250. The fourth-order valence-corrected chi connectivity index (χ4v) is 1.78. The summed E-state index contributed by atoms with van der Waals surface area (Å²) < 4.78 is 52.3. The third-order valence-electron chi connectivity index (χ3n) is 2.50. The Labute approximate surface area is 106 Å². The van der Waals surface area contributed by atoms with E-state index in [4.69, 9.17) is 5.11 Å². The average Bonchev–Trinajstić information content (AvgIpc) is 2.72. The molecule has 0 aliphatic heterocycles. The number of benzene rings is 1. The van der Waals surface area contributed by atoms with Crippen LogP contribution in [0.5, 0.6) is 0 Å². The van der Waals surface area contributed by atoms with E-state index in [2.05, 4.69) is 5.10 Å². The maximum atomic E-state index is 13.0. The molecule has 1 aromatic carbocycles. The van der Waals surface area contributed by atoms with Crippen molar-refractivity contribution in [2.45, 2.75) is 19.0 Å². The molecule has 0 bridgehead atoms. The van der Waals surface area contributed by atoms with Crippen molar-refractivity contribution in [3.63, 3.8) is 0 Å². The number of aliphatic hydroxyl groups excluding tert-OH is 1. The Hall–Kier alpha value is -1.89. The first-order valence-electron chi connectivity index (χ1n) is 5.41. The van der Waals surface area contributed by atoms with Gasteiger partial charge in [-0.05, 0) is 12.1 Å². The van der Waals surface area contributed by atoms with E-state index in [0.29, 0.717) is 4.68 Å². The monoisotopic (exact) mass is 274 g/mol. The van der Waals surface area contributed by atoms with Crippen molar-refractivity contribution in [3.05, 3.63) is 47.8 Å². The number of hydrogen-bond acceptors (Lipinski definition) is 2. The lowest BCUT2D eigenvalue weighted by Gasteiger charge is -2.12. The van der Waals surface area contributed by atoms with Gasteiger partial charge in [0.2, 0.25) is 6.36 Å². The minimum Gasteiger partial charge on any atom is -0.364 e. The van der Waals surface area contributed by atoms with Crippen molar-refractivity contribution in [3.8, 4) is 5.69 Å². The van der Waals surface area contributed by atoms with Gasteiger partial charge in [0.15, 0.2) is 5.69 Å². The molecule has 2 aromatic rings. The quantitative estimate of drug-likeness (QED) is 0.874. The molecule has 19 heavy (non-hydrogen) atoms. The molecule has 0 fully saturated rings. The minimum atomic E-state index is -4.68. The molecule has 3 nitrogen and oxygen atoms in total. The van der Waals surface area contributed by atoms with Crippen LogP contribution in [0.25, 0.3) is 5.69 Å². The molecule has 0 spiro atoms. The van der Waals surface area contributed by atoms with Crippen LogP contribution in [0.2, 0.25) is 0 Å². The number of nitrogens with zero attached hydrogens (tertiary/aromatic N) is 2. The van der Waals surface area contributed by atoms with E-state index < -0.39 is 24.6 Å². The van der Waals surface area contributed by atoms with Crippen molar-refractivity contribution in [2.24, 2.45) is 0 Å². The summed E-state index contributed by atoms with van der Waals surface area (Å²) in [7, 11) is 0. The van der Waals surface area contributed by atoms with Crippen molar-refractivity contribution in [2.75, 3.05) is 0 Å². The number of hydrogen-bond donors (Lipinski definition) is 1. The van der Waals surface area contributed by atoms with Gasteiger partial charge in [0.1, 0.15) is 0 Å². The molecule has 0 aliphatic rings. The maximum absolute atomic E-state index is 13.0. The van der Waals surface area contributed by atoms with Crippen molar-refractivity contribution >= 4 is 0 Å².